The van der Waals surface area contributed by atoms with Crippen LogP contribution in [0.1, 0.15) is 104 Å². The standard InChI is InChI=1S/C20H38O4/c1-3-5-7-9-10-12-14-18(13-11-8-6-4-2)17-24-20(23)16-15-19(21)22/h18H,3-17H2,1-2H3,(H,21,22). The van der Waals surface area contributed by atoms with Gasteiger partial charge in [-0.2, -0.15) is 0 Å². The van der Waals surface area contributed by atoms with Crippen LogP contribution >= 0.6 is 0 Å². The molecule has 0 aromatic carbocycles. The maximum absolute atomic E-state index is 11.6. The van der Waals surface area contributed by atoms with E-state index < -0.39 is 5.97 Å². The van der Waals surface area contributed by atoms with E-state index in [0.29, 0.717) is 12.5 Å². The Bertz CT molecular complexity index is 315. The summed E-state index contributed by atoms with van der Waals surface area (Å²) in [5.41, 5.74) is 0. The zero-order valence-corrected chi connectivity index (χ0v) is 15.9. The van der Waals surface area contributed by atoms with Gasteiger partial charge in [-0.15, -0.1) is 0 Å². The number of carbonyl (C=O) groups excluding carboxylic acids is 1. The Kier molecular flexibility index (Phi) is 16.0. The zero-order valence-electron chi connectivity index (χ0n) is 15.9. The fraction of sp³-hybridized carbons (Fsp3) is 0.900. The summed E-state index contributed by atoms with van der Waals surface area (Å²) in [5.74, 6) is -0.893. The number of ether oxygens (including phenoxy) is 1. The van der Waals surface area contributed by atoms with E-state index in [9.17, 15) is 9.59 Å². The van der Waals surface area contributed by atoms with E-state index in [2.05, 4.69) is 13.8 Å². The summed E-state index contributed by atoms with van der Waals surface area (Å²) in [6.45, 7) is 4.89. The van der Waals surface area contributed by atoms with Crippen molar-refractivity contribution in [1.29, 1.82) is 0 Å². The van der Waals surface area contributed by atoms with Crippen molar-refractivity contribution >= 4 is 11.9 Å². The first kappa shape index (κ1) is 22.9. The van der Waals surface area contributed by atoms with Gasteiger partial charge in [0.2, 0.25) is 0 Å². The molecule has 0 fully saturated rings. The van der Waals surface area contributed by atoms with Crippen molar-refractivity contribution in [2.75, 3.05) is 6.61 Å². The second-order valence-corrected chi connectivity index (χ2v) is 6.85. The summed E-state index contributed by atoms with van der Waals surface area (Å²) in [4.78, 5) is 22.1. The molecule has 0 radical (unpaired) electrons. The van der Waals surface area contributed by atoms with Crippen molar-refractivity contribution in [3.05, 3.63) is 0 Å². The highest BCUT2D eigenvalue weighted by Crippen LogP contribution is 2.19. The molecule has 0 aliphatic rings. The van der Waals surface area contributed by atoms with Gasteiger partial charge in [0.15, 0.2) is 0 Å². The van der Waals surface area contributed by atoms with Gasteiger partial charge in [0.1, 0.15) is 0 Å². The third-order valence-electron chi connectivity index (χ3n) is 4.45. The molecule has 0 saturated carbocycles. The third-order valence-corrected chi connectivity index (χ3v) is 4.45. The van der Waals surface area contributed by atoms with E-state index in [4.69, 9.17) is 9.84 Å². The van der Waals surface area contributed by atoms with Gasteiger partial charge in [0.25, 0.3) is 0 Å². The van der Waals surface area contributed by atoms with Crippen LogP contribution in [-0.2, 0) is 14.3 Å². The number of carbonyl (C=O) groups is 2. The number of hydrogen-bond donors (Lipinski definition) is 1. The molecule has 4 nitrogen and oxygen atoms in total. The van der Waals surface area contributed by atoms with Gasteiger partial charge < -0.3 is 9.84 Å². The SMILES string of the molecule is CCCCCCCCC(CCCCCC)COC(=O)CCC(=O)O. The first-order valence-electron chi connectivity index (χ1n) is 9.97. The molecule has 0 spiro atoms. The van der Waals surface area contributed by atoms with Crippen molar-refractivity contribution in [3.8, 4) is 0 Å². The van der Waals surface area contributed by atoms with Crippen molar-refractivity contribution in [2.45, 2.75) is 104 Å². The summed E-state index contributed by atoms with van der Waals surface area (Å²) in [6.07, 6.45) is 14.7. The first-order valence-corrected chi connectivity index (χ1v) is 9.97. The molecule has 0 aromatic heterocycles. The Morgan fingerprint density at radius 3 is 1.83 bits per heavy atom. The number of carboxylic acids is 1. The van der Waals surface area contributed by atoms with Gasteiger partial charge in [-0.25, -0.2) is 0 Å². The fourth-order valence-electron chi connectivity index (χ4n) is 2.88. The van der Waals surface area contributed by atoms with E-state index in [1.165, 1.54) is 64.2 Å². The number of hydrogen-bond acceptors (Lipinski definition) is 3. The highest BCUT2D eigenvalue weighted by Gasteiger charge is 2.13. The second-order valence-electron chi connectivity index (χ2n) is 6.85. The molecule has 0 aliphatic carbocycles. The van der Waals surface area contributed by atoms with E-state index in [1.807, 2.05) is 0 Å². The number of carboxylic acid groups (broad SMARTS) is 1. The Labute approximate surface area is 148 Å². The molecule has 1 N–H and O–H groups in total. The maximum atomic E-state index is 11.6. The number of esters is 1. The van der Waals surface area contributed by atoms with Crippen molar-refractivity contribution < 1.29 is 19.4 Å². The normalized spacial score (nSPS) is 12.1. The monoisotopic (exact) mass is 342 g/mol. The summed E-state index contributed by atoms with van der Waals surface area (Å²) in [5, 5.41) is 8.60. The molecule has 4 heteroatoms. The average Bonchev–Trinajstić information content (AvgIpc) is 2.56. The lowest BCUT2D eigenvalue weighted by molar-refractivity contribution is -0.148. The fourth-order valence-corrected chi connectivity index (χ4v) is 2.88. The van der Waals surface area contributed by atoms with E-state index in [-0.39, 0.29) is 18.8 Å². The lowest BCUT2D eigenvalue weighted by Crippen LogP contribution is -2.15. The highest BCUT2D eigenvalue weighted by atomic mass is 16.5. The molecule has 0 heterocycles. The third kappa shape index (κ3) is 15.8. The maximum Gasteiger partial charge on any atom is 0.306 e. The lowest BCUT2D eigenvalue weighted by Gasteiger charge is -2.17. The second kappa shape index (κ2) is 16.8. The molecule has 0 aromatic rings. The van der Waals surface area contributed by atoms with Crippen LogP contribution in [-0.4, -0.2) is 23.7 Å². The molecule has 24 heavy (non-hydrogen) atoms. The van der Waals surface area contributed by atoms with Crippen molar-refractivity contribution in [1.82, 2.24) is 0 Å². The molecular weight excluding hydrogens is 304 g/mol. The molecule has 0 bridgehead atoms. The number of aliphatic carboxylic acids is 1. The van der Waals surface area contributed by atoms with Crippen LogP contribution in [0.25, 0.3) is 0 Å². The predicted molar refractivity (Wildman–Crippen MR) is 98.1 cm³/mol. The van der Waals surface area contributed by atoms with Crippen LogP contribution in [0.2, 0.25) is 0 Å². The topological polar surface area (TPSA) is 63.6 Å². The quantitative estimate of drug-likeness (QED) is 0.271. The largest absolute Gasteiger partial charge is 0.481 e. The van der Waals surface area contributed by atoms with Crippen LogP contribution in [0.5, 0.6) is 0 Å². The first-order chi connectivity index (χ1) is 11.6. The van der Waals surface area contributed by atoms with Gasteiger partial charge in [0.05, 0.1) is 19.4 Å². The highest BCUT2D eigenvalue weighted by molar-refractivity contribution is 5.76. The van der Waals surface area contributed by atoms with Gasteiger partial charge in [-0.3, -0.25) is 9.59 Å². The number of rotatable bonds is 17. The van der Waals surface area contributed by atoms with Gasteiger partial charge in [-0.05, 0) is 18.8 Å². The van der Waals surface area contributed by atoms with Crippen LogP contribution in [0.3, 0.4) is 0 Å². The number of unbranched alkanes of at least 4 members (excludes halogenated alkanes) is 8. The predicted octanol–water partition coefficient (Wildman–Crippen LogP) is 5.73. The average molecular weight is 343 g/mol. The van der Waals surface area contributed by atoms with Crippen LogP contribution < -0.4 is 0 Å². The van der Waals surface area contributed by atoms with Gasteiger partial charge >= 0.3 is 11.9 Å². The molecule has 0 rings (SSSR count). The van der Waals surface area contributed by atoms with Crippen LogP contribution in [0.15, 0.2) is 0 Å². The minimum atomic E-state index is -0.949. The van der Waals surface area contributed by atoms with Crippen LogP contribution in [0, 0.1) is 5.92 Å². The van der Waals surface area contributed by atoms with Gasteiger partial charge in [-0.1, -0.05) is 78.1 Å². The molecular formula is C20H38O4. The van der Waals surface area contributed by atoms with Gasteiger partial charge in [0, 0.05) is 0 Å². The minimum absolute atomic E-state index is 0.0189. The van der Waals surface area contributed by atoms with E-state index in [0.717, 1.165) is 12.8 Å². The zero-order chi connectivity index (χ0) is 18.0. The summed E-state index contributed by atoms with van der Waals surface area (Å²) in [6, 6.07) is 0. The molecule has 1 unspecified atom stereocenters. The van der Waals surface area contributed by atoms with Crippen molar-refractivity contribution in [2.24, 2.45) is 5.92 Å². The Hall–Kier alpha value is -1.06. The molecule has 0 saturated heterocycles. The Morgan fingerprint density at radius 1 is 0.792 bits per heavy atom. The Morgan fingerprint density at radius 2 is 1.29 bits per heavy atom. The smallest absolute Gasteiger partial charge is 0.306 e. The summed E-state index contributed by atoms with van der Waals surface area (Å²) >= 11 is 0. The lowest BCUT2D eigenvalue weighted by atomic mass is 9.95. The van der Waals surface area contributed by atoms with Crippen LogP contribution in [0.4, 0.5) is 0 Å². The Balaban J connectivity index is 3.98. The molecule has 0 amide bonds. The minimum Gasteiger partial charge on any atom is -0.481 e. The van der Waals surface area contributed by atoms with E-state index in [1.54, 1.807) is 0 Å². The molecule has 142 valence electrons. The van der Waals surface area contributed by atoms with E-state index >= 15 is 0 Å². The summed E-state index contributed by atoms with van der Waals surface area (Å²) in [7, 11) is 0. The molecule has 0 aliphatic heterocycles. The van der Waals surface area contributed by atoms with Crippen molar-refractivity contribution in [3.63, 3.8) is 0 Å². The molecule has 1 atom stereocenters. The summed E-state index contributed by atoms with van der Waals surface area (Å²) < 4.78 is 5.30.